The van der Waals surface area contributed by atoms with Crippen LogP contribution in [0.4, 0.5) is 0 Å². The Morgan fingerprint density at radius 1 is 0.967 bits per heavy atom. The van der Waals surface area contributed by atoms with Crippen molar-refractivity contribution >= 4 is 10.1 Å². The van der Waals surface area contributed by atoms with Crippen molar-refractivity contribution in [3.63, 3.8) is 0 Å². The van der Waals surface area contributed by atoms with E-state index in [0.717, 1.165) is 39.3 Å². The Bertz CT molecular complexity index is 1170. The molecule has 1 unspecified atom stereocenters. The molecule has 1 atom stereocenters. The van der Waals surface area contributed by atoms with Crippen molar-refractivity contribution in [1.82, 2.24) is 0 Å². The minimum atomic E-state index is -3.83. The lowest BCUT2D eigenvalue weighted by Gasteiger charge is -2.15. The molecule has 0 aromatic heterocycles. The summed E-state index contributed by atoms with van der Waals surface area (Å²) in [5.41, 5.74) is 5.01. The Balaban J connectivity index is 1.56. The summed E-state index contributed by atoms with van der Waals surface area (Å²) in [6.07, 6.45) is 0.207. The third kappa shape index (κ3) is 4.06. The molecule has 1 heterocycles. The Hall–Kier alpha value is -2.83. The third-order valence-electron chi connectivity index (χ3n) is 5.16. The average molecular weight is 425 g/mol. The number of methoxy groups -OCH3 is 1. The number of para-hydroxylation sites is 1. The first-order chi connectivity index (χ1) is 14.4. The van der Waals surface area contributed by atoms with Gasteiger partial charge in [0.1, 0.15) is 24.2 Å². The van der Waals surface area contributed by atoms with Crippen molar-refractivity contribution in [3.8, 4) is 22.6 Å². The van der Waals surface area contributed by atoms with Crippen LogP contribution in [-0.2, 0) is 20.7 Å². The smallest absolute Gasteiger partial charge is 0.297 e. The molecule has 6 heteroatoms. The first-order valence-corrected chi connectivity index (χ1v) is 11.2. The normalized spacial score (nSPS) is 15.5. The second kappa shape index (κ2) is 8.13. The standard InChI is InChI=1S/C24H24O5S/c1-16-8-10-20(11-9-16)30(25,26)28-15-19-14-18-12-17(2)13-22(24(18)29-19)21-6-4-5-7-23(21)27-3/h4-13,19H,14-15H2,1-3H3. The Morgan fingerprint density at radius 2 is 1.70 bits per heavy atom. The summed E-state index contributed by atoms with van der Waals surface area (Å²) in [7, 11) is -2.19. The molecular weight excluding hydrogens is 400 g/mol. The maximum Gasteiger partial charge on any atom is 0.297 e. The summed E-state index contributed by atoms with van der Waals surface area (Å²) >= 11 is 0. The molecule has 0 spiro atoms. The van der Waals surface area contributed by atoms with Gasteiger partial charge in [0.25, 0.3) is 10.1 Å². The lowest BCUT2D eigenvalue weighted by molar-refractivity contribution is 0.152. The summed E-state index contributed by atoms with van der Waals surface area (Å²) in [5.74, 6) is 1.52. The van der Waals surface area contributed by atoms with Gasteiger partial charge in [0, 0.05) is 17.5 Å². The second-order valence-corrected chi connectivity index (χ2v) is 9.11. The van der Waals surface area contributed by atoms with Crippen molar-refractivity contribution in [2.75, 3.05) is 13.7 Å². The van der Waals surface area contributed by atoms with E-state index in [0.29, 0.717) is 6.42 Å². The maximum absolute atomic E-state index is 12.5. The summed E-state index contributed by atoms with van der Waals surface area (Å²) in [5, 5.41) is 0. The van der Waals surface area contributed by atoms with Gasteiger partial charge in [0.2, 0.25) is 0 Å². The summed E-state index contributed by atoms with van der Waals surface area (Å²) in [6.45, 7) is 3.89. The van der Waals surface area contributed by atoms with Crippen LogP contribution in [0.15, 0.2) is 65.6 Å². The largest absolute Gasteiger partial charge is 0.496 e. The number of ether oxygens (including phenoxy) is 2. The van der Waals surface area contributed by atoms with Crippen LogP contribution in [0.3, 0.4) is 0 Å². The first-order valence-electron chi connectivity index (χ1n) is 9.77. The predicted octanol–water partition coefficient (Wildman–Crippen LogP) is 4.69. The van der Waals surface area contributed by atoms with Gasteiger partial charge in [0.15, 0.2) is 0 Å². The van der Waals surface area contributed by atoms with Crippen LogP contribution in [-0.4, -0.2) is 28.2 Å². The molecule has 0 aliphatic carbocycles. The molecule has 1 aliphatic heterocycles. The predicted molar refractivity (Wildman–Crippen MR) is 116 cm³/mol. The van der Waals surface area contributed by atoms with E-state index in [1.807, 2.05) is 38.1 Å². The highest BCUT2D eigenvalue weighted by Gasteiger charge is 2.29. The summed E-state index contributed by atoms with van der Waals surface area (Å²) in [6, 6.07) is 18.5. The highest BCUT2D eigenvalue weighted by molar-refractivity contribution is 7.86. The molecule has 1 aliphatic rings. The van der Waals surface area contributed by atoms with Gasteiger partial charge in [-0.2, -0.15) is 8.42 Å². The second-order valence-electron chi connectivity index (χ2n) is 7.50. The average Bonchev–Trinajstić information content (AvgIpc) is 3.15. The SMILES string of the molecule is COc1ccccc1-c1cc(C)cc2c1OC(COS(=O)(=O)c1ccc(C)cc1)C2. The first kappa shape index (κ1) is 20.4. The summed E-state index contributed by atoms with van der Waals surface area (Å²) in [4.78, 5) is 0.147. The molecule has 30 heavy (non-hydrogen) atoms. The molecule has 0 saturated heterocycles. The number of hydrogen-bond acceptors (Lipinski definition) is 5. The van der Waals surface area contributed by atoms with Crippen LogP contribution in [0.2, 0.25) is 0 Å². The van der Waals surface area contributed by atoms with Gasteiger partial charge in [-0.3, -0.25) is 4.18 Å². The van der Waals surface area contributed by atoms with E-state index < -0.39 is 10.1 Å². The molecule has 0 radical (unpaired) electrons. The minimum absolute atomic E-state index is 0.0463. The number of aryl methyl sites for hydroxylation is 2. The number of benzene rings is 3. The highest BCUT2D eigenvalue weighted by atomic mass is 32.2. The van der Waals surface area contributed by atoms with Crippen LogP contribution in [0.5, 0.6) is 11.5 Å². The molecule has 0 fully saturated rings. The van der Waals surface area contributed by atoms with Gasteiger partial charge in [-0.05, 0) is 49.2 Å². The monoisotopic (exact) mass is 424 g/mol. The molecule has 156 valence electrons. The molecule has 3 aromatic rings. The fourth-order valence-corrected chi connectivity index (χ4v) is 4.63. The van der Waals surface area contributed by atoms with Crippen molar-refractivity contribution in [2.24, 2.45) is 0 Å². The van der Waals surface area contributed by atoms with E-state index >= 15 is 0 Å². The third-order valence-corrected chi connectivity index (χ3v) is 6.45. The van der Waals surface area contributed by atoms with E-state index in [9.17, 15) is 8.42 Å². The minimum Gasteiger partial charge on any atom is -0.496 e. The Morgan fingerprint density at radius 3 is 2.43 bits per heavy atom. The highest BCUT2D eigenvalue weighted by Crippen LogP contribution is 2.43. The maximum atomic E-state index is 12.5. The Kier molecular flexibility index (Phi) is 5.54. The van der Waals surface area contributed by atoms with E-state index in [-0.39, 0.29) is 17.6 Å². The van der Waals surface area contributed by atoms with Crippen molar-refractivity contribution in [2.45, 2.75) is 31.3 Å². The van der Waals surface area contributed by atoms with E-state index in [4.69, 9.17) is 13.7 Å². The van der Waals surface area contributed by atoms with Crippen LogP contribution in [0.25, 0.3) is 11.1 Å². The number of fused-ring (bicyclic) bond motifs is 1. The molecule has 3 aromatic carbocycles. The number of hydrogen-bond donors (Lipinski definition) is 0. The Labute approximate surface area is 177 Å². The molecule has 0 saturated carbocycles. The van der Waals surface area contributed by atoms with E-state index in [1.165, 1.54) is 0 Å². The number of rotatable bonds is 6. The van der Waals surface area contributed by atoms with Gasteiger partial charge >= 0.3 is 0 Å². The molecule has 4 rings (SSSR count). The lowest BCUT2D eigenvalue weighted by atomic mass is 9.97. The van der Waals surface area contributed by atoms with E-state index in [1.54, 1.807) is 31.4 Å². The van der Waals surface area contributed by atoms with Crippen molar-refractivity contribution in [1.29, 1.82) is 0 Å². The zero-order valence-electron chi connectivity index (χ0n) is 17.2. The topological polar surface area (TPSA) is 61.8 Å². The van der Waals surface area contributed by atoms with Crippen molar-refractivity contribution < 1.29 is 22.1 Å². The van der Waals surface area contributed by atoms with Gasteiger partial charge < -0.3 is 9.47 Å². The van der Waals surface area contributed by atoms with Gasteiger partial charge in [-0.25, -0.2) is 0 Å². The fourth-order valence-electron chi connectivity index (χ4n) is 3.69. The molecular formula is C24H24O5S. The van der Waals surface area contributed by atoms with Crippen LogP contribution < -0.4 is 9.47 Å². The molecule has 5 nitrogen and oxygen atoms in total. The van der Waals surface area contributed by atoms with Crippen LogP contribution >= 0.6 is 0 Å². The van der Waals surface area contributed by atoms with Crippen LogP contribution in [0.1, 0.15) is 16.7 Å². The van der Waals surface area contributed by atoms with E-state index in [2.05, 4.69) is 12.1 Å². The molecule has 0 bridgehead atoms. The summed E-state index contributed by atoms with van der Waals surface area (Å²) < 4.78 is 42.0. The zero-order valence-corrected chi connectivity index (χ0v) is 18.0. The van der Waals surface area contributed by atoms with Crippen molar-refractivity contribution in [3.05, 3.63) is 77.4 Å². The van der Waals surface area contributed by atoms with Gasteiger partial charge in [-0.15, -0.1) is 0 Å². The zero-order chi connectivity index (χ0) is 21.3. The van der Waals surface area contributed by atoms with Gasteiger partial charge in [0.05, 0.1) is 12.0 Å². The quantitative estimate of drug-likeness (QED) is 0.538. The van der Waals surface area contributed by atoms with Gasteiger partial charge in [-0.1, -0.05) is 42.0 Å². The van der Waals surface area contributed by atoms with Crippen LogP contribution in [0, 0.1) is 13.8 Å². The lowest BCUT2D eigenvalue weighted by Crippen LogP contribution is -2.23. The fraction of sp³-hybridized carbons (Fsp3) is 0.250. The molecule has 0 N–H and O–H groups in total. The molecule has 0 amide bonds.